The minimum absolute atomic E-state index is 0.0664. The fraction of sp³-hybridized carbons (Fsp3) is 0.208. The zero-order valence-electron chi connectivity index (χ0n) is 20.2. The summed E-state index contributed by atoms with van der Waals surface area (Å²) in [5.74, 6) is -3.92. The number of pyridine rings is 1. The third-order valence-corrected chi connectivity index (χ3v) is 8.56. The van der Waals surface area contributed by atoms with Gasteiger partial charge in [-0.3, -0.25) is 14.6 Å². The molecule has 0 bridgehead atoms. The molecule has 0 saturated carbocycles. The van der Waals surface area contributed by atoms with Crippen LogP contribution < -0.4 is 9.44 Å². The van der Waals surface area contributed by atoms with Gasteiger partial charge in [0, 0.05) is 18.3 Å². The summed E-state index contributed by atoms with van der Waals surface area (Å²) < 4.78 is 82.8. The van der Waals surface area contributed by atoms with Gasteiger partial charge in [0.1, 0.15) is 11.5 Å². The Labute approximate surface area is 217 Å². The van der Waals surface area contributed by atoms with Crippen LogP contribution >= 0.6 is 0 Å². The number of carbonyl (C=O) groups is 1. The van der Waals surface area contributed by atoms with Crippen LogP contribution in [0.3, 0.4) is 0 Å². The van der Waals surface area contributed by atoms with Gasteiger partial charge in [-0.1, -0.05) is 26.0 Å². The van der Waals surface area contributed by atoms with Crippen molar-refractivity contribution in [3.8, 4) is 11.1 Å². The van der Waals surface area contributed by atoms with Crippen molar-refractivity contribution in [1.82, 2.24) is 19.9 Å². The molecule has 0 saturated heterocycles. The van der Waals surface area contributed by atoms with Crippen molar-refractivity contribution >= 4 is 42.6 Å². The van der Waals surface area contributed by atoms with Crippen molar-refractivity contribution in [3.05, 3.63) is 71.6 Å². The number of benzene rings is 2. The van der Waals surface area contributed by atoms with Gasteiger partial charge >= 0.3 is 0 Å². The van der Waals surface area contributed by atoms with Gasteiger partial charge in [-0.2, -0.15) is 5.10 Å². The first kappa shape index (κ1) is 27.3. The molecule has 14 heteroatoms. The lowest BCUT2D eigenvalue weighted by Gasteiger charge is -2.11. The number of anilines is 1. The van der Waals surface area contributed by atoms with Crippen LogP contribution in [-0.4, -0.2) is 50.1 Å². The number of rotatable bonds is 10. The van der Waals surface area contributed by atoms with Gasteiger partial charge in [0.05, 0.1) is 27.3 Å². The molecule has 2 heterocycles. The highest BCUT2D eigenvalue weighted by atomic mass is 32.2. The Hall–Kier alpha value is -3.75. The molecule has 0 radical (unpaired) electrons. The van der Waals surface area contributed by atoms with E-state index >= 15 is 4.39 Å². The van der Waals surface area contributed by atoms with E-state index in [2.05, 4.69) is 19.9 Å². The van der Waals surface area contributed by atoms with Crippen LogP contribution in [0.4, 0.5) is 14.5 Å². The van der Waals surface area contributed by atoms with Crippen molar-refractivity contribution in [2.24, 2.45) is 0 Å². The number of hydrogen-bond donors (Lipinski definition) is 3. The van der Waals surface area contributed by atoms with E-state index in [4.69, 9.17) is 0 Å². The quantitative estimate of drug-likeness (QED) is 0.250. The third-order valence-electron chi connectivity index (χ3n) is 5.53. The largest absolute Gasteiger partial charge is 0.287 e. The van der Waals surface area contributed by atoms with Crippen molar-refractivity contribution in [1.29, 1.82) is 0 Å². The topological polar surface area (TPSA) is 151 Å². The van der Waals surface area contributed by atoms with Gasteiger partial charge in [0.25, 0.3) is 0 Å². The molecule has 0 fully saturated rings. The van der Waals surface area contributed by atoms with Gasteiger partial charge in [0.2, 0.25) is 25.8 Å². The van der Waals surface area contributed by atoms with E-state index in [1.165, 1.54) is 24.4 Å². The summed E-state index contributed by atoms with van der Waals surface area (Å²) in [4.78, 5) is 17.5. The number of fused-ring (bicyclic) bond motifs is 1. The van der Waals surface area contributed by atoms with Crippen LogP contribution in [-0.2, 0) is 20.0 Å². The molecule has 0 atom stereocenters. The second kappa shape index (κ2) is 10.6. The Kier molecular flexibility index (Phi) is 7.58. The highest BCUT2D eigenvalue weighted by molar-refractivity contribution is 7.92. The number of sulfonamides is 2. The lowest BCUT2D eigenvalue weighted by molar-refractivity contribution is 0.102. The predicted octanol–water partition coefficient (Wildman–Crippen LogP) is 3.58. The first-order valence-corrected chi connectivity index (χ1v) is 14.6. The number of ketones is 1. The van der Waals surface area contributed by atoms with Crippen molar-refractivity contribution in [2.75, 3.05) is 17.0 Å². The van der Waals surface area contributed by atoms with Gasteiger partial charge in [-0.05, 0) is 42.3 Å². The van der Waals surface area contributed by atoms with Crippen molar-refractivity contribution in [2.45, 2.75) is 25.2 Å². The number of nitrogens with zero attached hydrogens (tertiary/aromatic N) is 2. The molecular weight excluding hydrogens is 540 g/mol. The maximum atomic E-state index is 15.2. The van der Waals surface area contributed by atoms with Gasteiger partial charge in [-0.15, -0.1) is 0 Å². The molecule has 0 spiro atoms. The molecule has 38 heavy (non-hydrogen) atoms. The number of aromatic nitrogens is 3. The fourth-order valence-corrected chi connectivity index (χ4v) is 5.96. The first-order valence-electron chi connectivity index (χ1n) is 11.4. The summed E-state index contributed by atoms with van der Waals surface area (Å²) in [6, 6.07) is 9.16. The Morgan fingerprint density at radius 2 is 1.71 bits per heavy atom. The molecule has 200 valence electrons. The fourth-order valence-electron chi connectivity index (χ4n) is 3.78. The van der Waals surface area contributed by atoms with Crippen LogP contribution in [0, 0.1) is 11.6 Å². The number of hydrogen-bond acceptors (Lipinski definition) is 7. The summed E-state index contributed by atoms with van der Waals surface area (Å²) in [5, 5.41) is 6.55. The van der Waals surface area contributed by atoms with Crippen LogP contribution in [0.5, 0.6) is 0 Å². The first-order chi connectivity index (χ1) is 18.0. The van der Waals surface area contributed by atoms with Crippen molar-refractivity contribution in [3.63, 3.8) is 0 Å². The molecule has 0 aliphatic carbocycles. The summed E-state index contributed by atoms with van der Waals surface area (Å²) in [5.41, 5.74) is -0.619. The molecule has 0 amide bonds. The molecule has 2 aromatic carbocycles. The smallest absolute Gasteiger partial charge is 0.240 e. The molecular formula is C24H23F2N5O5S2. The van der Waals surface area contributed by atoms with E-state index in [0.717, 1.165) is 12.1 Å². The number of carbonyl (C=O) groups excluding carboxylic acids is 1. The predicted molar refractivity (Wildman–Crippen MR) is 138 cm³/mol. The van der Waals surface area contributed by atoms with Crippen LogP contribution in [0.15, 0.2) is 53.6 Å². The summed E-state index contributed by atoms with van der Waals surface area (Å²) >= 11 is 0. The summed E-state index contributed by atoms with van der Waals surface area (Å²) in [6.45, 7) is 3.52. The second-order valence-electron chi connectivity index (χ2n) is 8.25. The Morgan fingerprint density at radius 3 is 2.37 bits per heavy atom. The second-order valence-corrected chi connectivity index (χ2v) is 11.9. The molecule has 4 aromatic rings. The highest BCUT2D eigenvalue weighted by Gasteiger charge is 2.26. The van der Waals surface area contributed by atoms with Crippen LogP contribution in [0.1, 0.15) is 36.3 Å². The average molecular weight is 564 g/mol. The lowest BCUT2D eigenvalue weighted by Crippen LogP contribution is -2.22. The lowest BCUT2D eigenvalue weighted by atomic mass is 10.0. The maximum Gasteiger partial charge on any atom is 0.240 e. The van der Waals surface area contributed by atoms with E-state index in [-0.39, 0.29) is 40.3 Å². The maximum absolute atomic E-state index is 15.2. The number of aromatic amines is 1. The van der Waals surface area contributed by atoms with Gasteiger partial charge in [-0.25, -0.2) is 35.3 Å². The van der Waals surface area contributed by atoms with Crippen LogP contribution in [0.25, 0.3) is 22.2 Å². The Morgan fingerprint density at radius 1 is 1.00 bits per heavy atom. The van der Waals surface area contributed by atoms with Crippen LogP contribution in [0.2, 0.25) is 0 Å². The van der Waals surface area contributed by atoms with Gasteiger partial charge < -0.3 is 0 Å². The van der Waals surface area contributed by atoms with E-state index in [1.54, 1.807) is 26.0 Å². The zero-order valence-corrected chi connectivity index (χ0v) is 21.9. The van der Waals surface area contributed by atoms with E-state index in [1.807, 2.05) is 4.72 Å². The molecule has 3 N–H and O–H groups in total. The van der Waals surface area contributed by atoms with Gasteiger partial charge in [0.15, 0.2) is 11.5 Å². The summed E-state index contributed by atoms with van der Waals surface area (Å²) in [7, 11) is -7.55. The average Bonchev–Trinajstić information content (AvgIpc) is 3.29. The zero-order chi connectivity index (χ0) is 27.7. The number of nitrogens with one attached hydrogen (secondary N) is 3. The molecule has 10 nitrogen and oxygen atoms in total. The Bertz CT molecular complexity index is 1740. The SMILES string of the molecule is CCCS(=O)(=O)Nc1ccc(F)c(C(=O)c2[nH]nc3ncc(-c4ccc(S(=O)(=O)NCC)cc4)cc23)c1F. The third kappa shape index (κ3) is 5.42. The Balaban J connectivity index is 1.73. The molecule has 4 rings (SSSR count). The highest BCUT2D eigenvalue weighted by Crippen LogP contribution is 2.29. The number of halogens is 2. The molecule has 0 aliphatic rings. The molecule has 0 aliphatic heterocycles. The standard InChI is InChI=1S/C24H23F2N5O5S2/c1-3-11-37(33,34)31-19-10-9-18(25)20(21(19)26)23(32)22-17-12-15(13-27-24(17)30-29-22)14-5-7-16(8-6-14)38(35,36)28-4-2/h5-10,12-13,28,31H,3-4,11H2,1-2H3,(H,27,29,30). The minimum atomic E-state index is -3.90. The monoisotopic (exact) mass is 563 g/mol. The normalized spacial score (nSPS) is 12.1. The molecule has 2 aromatic heterocycles. The number of H-pyrrole nitrogens is 1. The molecule has 0 unspecified atom stereocenters. The summed E-state index contributed by atoms with van der Waals surface area (Å²) in [6.07, 6.45) is 1.73. The van der Waals surface area contributed by atoms with Crippen molar-refractivity contribution < 1.29 is 30.4 Å². The van der Waals surface area contributed by atoms with E-state index < -0.39 is 48.7 Å². The minimum Gasteiger partial charge on any atom is -0.287 e. The van der Waals surface area contributed by atoms with E-state index in [0.29, 0.717) is 11.1 Å². The van der Waals surface area contributed by atoms with E-state index in [9.17, 15) is 26.0 Å².